The molecule has 2 aromatic carbocycles. The van der Waals surface area contributed by atoms with Gasteiger partial charge < -0.3 is 10.2 Å². The minimum absolute atomic E-state index is 0.00771. The molecule has 1 aliphatic heterocycles. The van der Waals surface area contributed by atoms with Gasteiger partial charge in [-0.1, -0.05) is 12.1 Å². The normalized spacial score (nSPS) is 13.8. The number of nitrogens with one attached hydrogen (secondary N) is 1. The summed E-state index contributed by atoms with van der Waals surface area (Å²) in [6.45, 7) is 5.66. The van der Waals surface area contributed by atoms with Crippen molar-refractivity contribution in [2.24, 2.45) is 0 Å². The molecule has 0 bridgehead atoms. The Hall–Kier alpha value is -2.62. The van der Waals surface area contributed by atoms with E-state index in [1.807, 2.05) is 36.9 Å². The number of carbonyl (C=O) groups is 2. The summed E-state index contributed by atoms with van der Waals surface area (Å²) in [6, 6.07) is 12.8. The Kier molecular flexibility index (Phi) is 4.65. The van der Waals surface area contributed by atoms with Gasteiger partial charge in [0.1, 0.15) is 0 Å². The average molecular weight is 322 g/mol. The van der Waals surface area contributed by atoms with Crippen molar-refractivity contribution in [2.75, 3.05) is 18.4 Å². The van der Waals surface area contributed by atoms with Crippen molar-refractivity contribution in [2.45, 2.75) is 26.7 Å². The molecule has 0 aromatic heterocycles. The minimum Gasteiger partial charge on any atom is -0.339 e. The third kappa shape index (κ3) is 3.48. The maximum atomic E-state index is 12.5. The maximum Gasteiger partial charge on any atom is 0.255 e. The lowest BCUT2D eigenvalue weighted by Crippen LogP contribution is -2.27. The van der Waals surface area contributed by atoms with Crippen molar-refractivity contribution in [1.82, 2.24) is 4.90 Å². The molecule has 124 valence electrons. The predicted molar refractivity (Wildman–Crippen MR) is 95.4 cm³/mol. The van der Waals surface area contributed by atoms with Crippen LogP contribution >= 0.6 is 0 Å². The lowest BCUT2D eigenvalue weighted by molar-refractivity contribution is 0.0793. The first-order chi connectivity index (χ1) is 11.5. The van der Waals surface area contributed by atoms with Crippen molar-refractivity contribution in [3.8, 4) is 0 Å². The van der Waals surface area contributed by atoms with E-state index in [0.29, 0.717) is 11.1 Å². The summed E-state index contributed by atoms with van der Waals surface area (Å²) in [5.41, 5.74) is 4.15. The van der Waals surface area contributed by atoms with Gasteiger partial charge in [-0.3, -0.25) is 9.59 Å². The zero-order valence-electron chi connectivity index (χ0n) is 14.1. The summed E-state index contributed by atoms with van der Waals surface area (Å²) in [5.74, 6) is -0.192. The Morgan fingerprint density at radius 1 is 0.917 bits per heavy atom. The number of anilines is 1. The maximum absolute atomic E-state index is 12.5. The Labute approximate surface area is 142 Å². The van der Waals surface area contributed by atoms with E-state index in [1.165, 1.54) is 5.56 Å². The summed E-state index contributed by atoms with van der Waals surface area (Å²) in [4.78, 5) is 26.8. The molecular formula is C20H22N2O2. The fraction of sp³-hybridized carbons (Fsp3) is 0.300. The summed E-state index contributed by atoms with van der Waals surface area (Å²) < 4.78 is 0. The van der Waals surface area contributed by atoms with Gasteiger partial charge in [-0.05, 0) is 68.1 Å². The van der Waals surface area contributed by atoms with E-state index in [-0.39, 0.29) is 11.8 Å². The van der Waals surface area contributed by atoms with Gasteiger partial charge in [0.15, 0.2) is 0 Å². The molecule has 2 amide bonds. The largest absolute Gasteiger partial charge is 0.339 e. The molecule has 0 atom stereocenters. The van der Waals surface area contributed by atoms with Crippen molar-refractivity contribution >= 4 is 17.5 Å². The van der Waals surface area contributed by atoms with E-state index in [0.717, 1.165) is 37.2 Å². The van der Waals surface area contributed by atoms with E-state index in [4.69, 9.17) is 0 Å². The van der Waals surface area contributed by atoms with E-state index in [1.54, 1.807) is 24.3 Å². The SMILES string of the molecule is Cc1ccc(NC(=O)c2cccc(C(=O)N3CCCC3)c2)cc1C. The van der Waals surface area contributed by atoms with Gasteiger partial charge >= 0.3 is 0 Å². The van der Waals surface area contributed by atoms with Gasteiger partial charge in [-0.15, -0.1) is 0 Å². The summed E-state index contributed by atoms with van der Waals surface area (Å²) in [5, 5.41) is 2.90. The van der Waals surface area contributed by atoms with E-state index in [2.05, 4.69) is 5.32 Å². The molecule has 1 N–H and O–H groups in total. The molecule has 0 unspecified atom stereocenters. The molecule has 0 radical (unpaired) electrons. The number of rotatable bonds is 3. The van der Waals surface area contributed by atoms with Crippen LogP contribution in [0.25, 0.3) is 0 Å². The van der Waals surface area contributed by atoms with Crippen LogP contribution in [-0.2, 0) is 0 Å². The predicted octanol–water partition coefficient (Wildman–Crippen LogP) is 3.79. The molecule has 4 heteroatoms. The van der Waals surface area contributed by atoms with Crippen LogP contribution in [0.2, 0.25) is 0 Å². The first-order valence-corrected chi connectivity index (χ1v) is 8.32. The van der Waals surface area contributed by atoms with Crippen LogP contribution in [0.1, 0.15) is 44.7 Å². The van der Waals surface area contributed by atoms with Crippen molar-refractivity contribution in [1.29, 1.82) is 0 Å². The van der Waals surface area contributed by atoms with Crippen LogP contribution in [0.5, 0.6) is 0 Å². The third-order valence-corrected chi connectivity index (χ3v) is 4.53. The van der Waals surface area contributed by atoms with Crippen LogP contribution in [0.4, 0.5) is 5.69 Å². The fourth-order valence-corrected chi connectivity index (χ4v) is 2.92. The van der Waals surface area contributed by atoms with Crippen molar-refractivity contribution in [3.63, 3.8) is 0 Å². The average Bonchev–Trinajstić information content (AvgIpc) is 3.12. The molecule has 1 aliphatic rings. The van der Waals surface area contributed by atoms with Crippen LogP contribution in [0.3, 0.4) is 0 Å². The highest BCUT2D eigenvalue weighted by atomic mass is 16.2. The molecular weight excluding hydrogens is 300 g/mol. The monoisotopic (exact) mass is 322 g/mol. The van der Waals surface area contributed by atoms with Crippen LogP contribution in [0, 0.1) is 13.8 Å². The van der Waals surface area contributed by atoms with Gasteiger partial charge in [-0.2, -0.15) is 0 Å². The Balaban J connectivity index is 1.76. The van der Waals surface area contributed by atoms with Gasteiger partial charge in [0.05, 0.1) is 0 Å². The van der Waals surface area contributed by atoms with Crippen molar-refractivity contribution in [3.05, 3.63) is 64.7 Å². The van der Waals surface area contributed by atoms with Gasteiger partial charge in [0.25, 0.3) is 11.8 Å². The van der Waals surface area contributed by atoms with E-state index < -0.39 is 0 Å². The molecule has 1 saturated heterocycles. The summed E-state index contributed by atoms with van der Waals surface area (Å²) in [7, 11) is 0. The highest BCUT2D eigenvalue weighted by molar-refractivity contribution is 6.06. The molecule has 1 fully saturated rings. The number of hydrogen-bond donors (Lipinski definition) is 1. The quantitative estimate of drug-likeness (QED) is 0.934. The summed E-state index contributed by atoms with van der Waals surface area (Å²) >= 11 is 0. The molecule has 4 nitrogen and oxygen atoms in total. The highest BCUT2D eigenvalue weighted by Crippen LogP contribution is 2.17. The Morgan fingerprint density at radius 2 is 1.62 bits per heavy atom. The minimum atomic E-state index is -0.200. The van der Waals surface area contributed by atoms with Crippen LogP contribution < -0.4 is 5.32 Å². The van der Waals surface area contributed by atoms with Gasteiger partial charge in [-0.25, -0.2) is 0 Å². The number of amides is 2. The lowest BCUT2D eigenvalue weighted by atomic mass is 10.1. The zero-order valence-corrected chi connectivity index (χ0v) is 14.1. The highest BCUT2D eigenvalue weighted by Gasteiger charge is 2.20. The molecule has 3 rings (SSSR count). The first kappa shape index (κ1) is 16.2. The van der Waals surface area contributed by atoms with E-state index >= 15 is 0 Å². The third-order valence-electron chi connectivity index (χ3n) is 4.53. The second-order valence-corrected chi connectivity index (χ2v) is 6.33. The lowest BCUT2D eigenvalue weighted by Gasteiger charge is -2.15. The molecule has 0 aliphatic carbocycles. The fourth-order valence-electron chi connectivity index (χ4n) is 2.92. The van der Waals surface area contributed by atoms with Crippen LogP contribution in [-0.4, -0.2) is 29.8 Å². The molecule has 24 heavy (non-hydrogen) atoms. The van der Waals surface area contributed by atoms with Crippen LogP contribution in [0.15, 0.2) is 42.5 Å². The summed E-state index contributed by atoms with van der Waals surface area (Å²) in [6.07, 6.45) is 2.11. The second kappa shape index (κ2) is 6.87. The topological polar surface area (TPSA) is 49.4 Å². The number of likely N-dealkylation sites (tertiary alicyclic amines) is 1. The molecule has 0 spiro atoms. The number of nitrogens with zero attached hydrogens (tertiary/aromatic N) is 1. The Bertz CT molecular complexity index is 777. The van der Waals surface area contributed by atoms with E-state index in [9.17, 15) is 9.59 Å². The number of benzene rings is 2. The van der Waals surface area contributed by atoms with Gasteiger partial charge in [0, 0.05) is 29.9 Å². The smallest absolute Gasteiger partial charge is 0.255 e. The number of carbonyl (C=O) groups excluding carboxylic acids is 2. The number of aryl methyl sites for hydroxylation is 2. The van der Waals surface area contributed by atoms with Crippen molar-refractivity contribution < 1.29 is 9.59 Å². The second-order valence-electron chi connectivity index (χ2n) is 6.33. The molecule has 2 aromatic rings. The zero-order chi connectivity index (χ0) is 17.1. The first-order valence-electron chi connectivity index (χ1n) is 8.32. The number of hydrogen-bond acceptors (Lipinski definition) is 2. The van der Waals surface area contributed by atoms with Gasteiger partial charge in [0.2, 0.25) is 0 Å². The Morgan fingerprint density at radius 3 is 2.33 bits per heavy atom. The molecule has 0 saturated carbocycles. The standard InChI is InChI=1S/C20H22N2O2/c1-14-8-9-18(12-15(14)2)21-19(23)16-6-5-7-17(13-16)20(24)22-10-3-4-11-22/h5-9,12-13H,3-4,10-11H2,1-2H3,(H,21,23). The molecule has 1 heterocycles.